The van der Waals surface area contributed by atoms with Crippen molar-refractivity contribution in [3.05, 3.63) is 59.2 Å². The lowest BCUT2D eigenvalue weighted by Gasteiger charge is -2.37. The van der Waals surface area contributed by atoms with Crippen LogP contribution in [0.2, 0.25) is 0 Å². The van der Waals surface area contributed by atoms with Gasteiger partial charge in [-0.05, 0) is 68.5 Å². The van der Waals surface area contributed by atoms with Crippen LogP contribution >= 0.6 is 0 Å². The minimum Gasteiger partial charge on any atom is -0.444 e. The second kappa shape index (κ2) is 7.01. The largest absolute Gasteiger partial charge is 0.444 e. The Morgan fingerprint density at radius 2 is 1.71 bits per heavy atom. The molecular weight excluding hydrogens is 390 g/mol. The highest BCUT2D eigenvalue weighted by atomic mass is 16.6. The Bertz CT molecular complexity index is 1050. The average Bonchev–Trinajstić information content (AvgIpc) is 3.24. The number of ether oxygens (including phenoxy) is 1. The molecule has 1 N–H and O–H groups in total. The van der Waals surface area contributed by atoms with Crippen LogP contribution in [0.4, 0.5) is 16.2 Å². The van der Waals surface area contributed by atoms with Crippen LogP contribution in [0, 0.1) is 0 Å². The van der Waals surface area contributed by atoms with Crippen molar-refractivity contribution < 1.29 is 14.3 Å². The normalized spacial score (nSPS) is 22.4. The number of carbonyl (C=O) groups excluding carboxylic acids is 2. The van der Waals surface area contributed by atoms with Crippen molar-refractivity contribution >= 4 is 23.4 Å². The summed E-state index contributed by atoms with van der Waals surface area (Å²) in [6, 6.07) is 14.6. The van der Waals surface area contributed by atoms with Crippen LogP contribution in [-0.2, 0) is 27.8 Å². The van der Waals surface area contributed by atoms with Crippen molar-refractivity contribution in [2.24, 2.45) is 0 Å². The summed E-state index contributed by atoms with van der Waals surface area (Å²) < 4.78 is 5.50. The van der Waals surface area contributed by atoms with Gasteiger partial charge < -0.3 is 19.9 Å². The third-order valence-corrected chi connectivity index (χ3v) is 6.60. The number of fused-ring (bicyclic) bond motifs is 3. The highest BCUT2D eigenvalue weighted by molar-refractivity contribution is 6.07. The van der Waals surface area contributed by atoms with Crippen LogP contribution in [-0.4, -0.2) is 48.7 Å². The molecule has 1 fully saturated rings. The SMILES string of the molecule is CC(C)(C)OC(=O)N1CCN(c2ccc3c(c2)CC2(C3)C(=O)Nc3ccccc32)CC1. The number of nitrogens with one attached hydrogen (secondary N) is 1. The van der Waals surface area contributed by atoms with Crippen LogP contribution in [0.3, 0.4) is 0 Å². The van der Waals surface area contributed by atoms with Crippen LogP contribution < -0.4 is 10.2 Å². The number of anilines is 2. The summed E-state index contributed by atoms with van der Waals surface area (Å²) in [5, 5.41) is 3.08. The summed E-state index contributed by atoms with van der Waals surface area (Å²) in [5.74, 6) is 0.109. The van der Waals surface area contributed by atoms with Gasteiger partial charge in [-0.3, -0.25) is 4.79 Å². The molecule has 1 atom stereocenters. The van der Waals surface area contributed by atoms with E-state index >= 15 is 0 Å². The molecule has 31 heavy (non-hydrogen) atoms. The zero-order valence-electron chi connectivity index (χ0n) is 18.4. The molecule has 1 spiro atoms. The zero-order valence-corrected chi connectivity index (χ0v) is 18.4. The first-order chi connectivity index (χ1) is 14.7. The van der Waals surface area contributed by atoms with E-state index in [0.717, 1.165) is 42.9 Å². The van der Waals surface area contributed by atoms with E-state index in [1.807, 2.05) is 39.0 Å². The Labute approximate surface area is 183 Å². The molecular formula is C25H29N3O3. The monoisotopic (exact) mass is 419 g/mol. The van der Waals surface area contributed by atoms with Crippen molar-refractivity contribution in [3.63, 3.8) is 0 Å². The van der Waals surface area contributed by atoms with Gasteiger partial charge in [-0.15, -0.1) is 0 Å². The van der Waals surface area contributed by atoms with E-state index in [4.69, 9.17) is 4.74 Å². The number of carbonyl (C=O) groups is 2. The first-order valence-corrected chi connectivity index (χ1v) is 11.0. The minimum absolute atomic E-state index is 0.109. The molecule has 3 aliphatic rings. The molecule has 6 nitrogen and oxygen atoms in total. The van der Waals surface area contributed by atoms with Crippen molar-refractivity contribution in [3.8, 4) is 0 Å². The van der Waals surface area contributed by atoms with Gasteiger partial charge in [0.1, 0.15) is 5.60 Å². The summed E-state index contributed by atoms with van der Waals surface area (Å²) in [5.41, 5.74) is 4.76. The Morgan fingerprint density at radius 3 is 2.45 bits per heavy atom. The molecule has 162 valence electrons. The molecule has 0 aromatic heterocycles. The molecule has 6 heteroatoms. The second-order valence-electron chi connectivity index (χ2n) is 9.84. The highest BCUT2D eigenvalue weighted by Gasteiger charge is 2.50. The Hall–Kier alpha value is -3.02. The third-order valence-electron chi connectivity index (χ3n) is 6.60. The van der Waals surface area contributed by atoms with Crippen LogP contribution in [0.1, 0.15) is 37.5 Å². The van der Waals surface area contributed by atoms with Gasteiger partial charge in [0.25, 0.3) is 0 Å². The predicted molar refractivity (Wildman–Crippen MR) is 121 cm³/mol. The maximum absolute atomic E-state index is 12.9. The number of piperazine rings is 1. The van der Waals surface area contributed by atoms with Gasteiger partial charge in [0.2, 0.25) is 5.91 Å². The molecule has 2 aromatic rings. The molecule has 2 aromatic carbocycles. The molecule has 2 aliphatic heterocycles. The topological polar surface area (TPSA) is 61.9 Å². The molecule has 1 aliphatic carbocycles. The fraction of sp³-hybridized carbons (Fsp3) is 0.440. The molecule has 1 unspecified atom stereocenters. The van der Waals surface area contributed by atoms with E-state index in [1.165, 1.54) is 11.1 Å². The second-order valence-corrected chi connectivity index (χ2v) is 9.84. The van der Waals surface area contributed by atoms with Crippen LogP contribution in [0.5, 0.6) is 0 Å². The standard InChI is InChI=1S/C25H29N3O3/c1-24(2,3)31-23(30)28-12-10-27(11-13-28)19-9-8-17-15-25(16-18(17)14-19)20-6-4-5-7-21(20)26-22(25)29/h4-9,14H,10-13,15-16H2,1-3H3,(H,26,29). The summed E-state index contributed by atoms with van der Waals surface area (Å²) in [6.45, 7) is 8.50. The lowest BCUT2D eigenvalue weighted by atomic mass is 9.79. The maximum atomic E-state index is 12.9. The van der Waals surface area contributed by atoms with E-state index in [9.17, 15) is 9.59 Å². The lowest BCUT2D eigenvalue weighted by molar-refractivity contribution is -0.120. The van der Waals surface area contributed by atoms with Gasteiger partial charge in [-0.25, -0.2) is 4.79 Å². The quantitative estimate of drug-likeness (QED) is 0.765. The van der Waals surface area contributed by atoms with Crippen LogP contribution in [0.25, 0.3) is 0 Å². The van der Waals surface area contributed by atoms with Crippen molar-refractivity contribution in [2.45, 2.75) is 44.6 Å². The zero-order chi connectivity index (χ0) is 21.8. The Balaban J connectivity index is 1.30. The molecule has 5 rings (SSSR count). The van der Waals surface area contributed by atoms with Crippen molar-refractivity contribution in [1.82, 2.24) is 4.90 Å². The average molecular weight is 420 g/mol. The molecule has 1 saturated heterocycles. The molecule has 2 heterocycles. The van der Waals surface area contributed by atoms with Gasteiger partial charge in [0, 0.05) is 37.6 Å². The number of amides is 2. The number of para-hydroxylation sites is 1. The fourth-order valence-electron chi connectivity index (χ4n) is 5.06. The van der Waals surface area contributed by atoms with E-state index in [1.54, 1.807) is 4.90 Å². The summed E-state index contributed by atoms with van der Waals surface area (Å²) >= 11 is 0. The molecule has 0 saturated carbocycles. The Morgan fingerprint density at radius 1 is 1.00 bits per heavy atom. The Kier molecular flexibility index (Phi) is 4.50. The summed E-state index contributed by atoms with van der Waals surface area (Å²) in [6.07, 6.45) is 1.24. The lowest BCUT2D eigenvalue weighted by Crippen LogP contribution is -2.50. The molecule has 2 amide bonds. The summed E-state index contributed by atoms with van der Waals surface area (Å²) in [4.78, 5) is 29.4. The third kappa shape index (κ3) is 3.44. The number of benzene rings is 2. The van der Waals surface area contributed by atoms with E-state index in [2.05, 4.69) is 34.5 Å². The number of nitrogens with zero attached hydrogens (tertiary/aromatic N) is 2. The van der Waals surface area contributed by atoms with Gasteiger partial charge in [-0.1, -0.05) is 24.3 Å². The van der Waals surface area contributed by atoms with E-state index in [-0.39, 0.29) is 12.0 Å². The summed E-state index contributed by atoms with van der Waals surface area (Å²) in [7, 11) is 0. The molecule has 0 radical (unpaired) electrons. The van der Waals surface area contributed by atoms with Gasteiger partial charge in [0.15, 0.2) is 0 Å². The first-order valence-electron chi connectivity index (χ1n) is 11.0. The van der Waals surface area contributed by atoms with Crippen molar-refractivity contribution in [1.29, 1.82) is 0 Å². The van der Waals surface area contributed by atoms with Gasteiger partial charge >= 0.3 is 6.09 Å². The molecule has 0 bridgehead atoms. The van der Waals surface area contributed by atoms with Crippen LogP contribution in [0.15, 0.2) is 42.5 Å². The van der Waals surface area contributed by atoms with E-state index < -0.39 is 11.0 Å². The number of rotatable bonds is 1. The smallest absolute Gasteiger partial charge is 0.410 e. The number of hydrogen-bond donors (Lipinski definition) is 1. The minimum atomic E-state index is -0.479. The maximum Gasteiger partial charge on any atom is 0.410 e. The van der Waals surface area contributed by atoms with E-state index in [0.29, 0.717) is 13.1 Å². The first kappa shape index (κ1) is 19.9. The van der Waals surface area contributed by atoms with Gasteiger partial charge in [-0.2, -0.15) is 0 Å². The highest BCUT2D eigenvalue weighted by Crippen LogP contribution is 2.47. The predicted octanol–water partition coefficient (Wildman–Crippen LogP) is 3.73. The fourth-order valence-corrected chi connectivity index (χ4v) is 5.06. The van der Waals surface area contributed by atoms with Crippen molar-refractivity contribution in [2.75, 3.05) is 36.4 Å². The number of hydrogen-bond acceptors (Lipinski definition) is 4. The van der Waals surface area contributed by atoms with Gasteiger partial charge in [0.05, 0.1) is 5.41 Å².